The molecule has 0 spiro atoms. The highest BCUT2D eigenvalue weighted by molar-refractivity contribution is 6.30. The molecule has 1 unspecified atom stereocenters. The zero-order valence-corrected chi connectivity index (χ0v) is 19.5. The molecule has 2 aromatic heterocycles. The van der Waals surface area contributed by atoms with Gasteiger partial charge >= 0.3 is 0 Å². The number of halogens is 1. The number of hydrazone groups is 1. The van der Waals surface area contributed by atoms with E-state index in [1.165, 1.54) is 5.01 Å². The predicted molar refractivity (Wildman–Crippen MR) is 131 cm³/mol. The second-order valence-electron chi connectivity index (χ2n) is 8.64. The van der Waals surface area contributed by atoms with Crippen LogP contribution < -0.4 is 5.32 Å². The summed E-state index contributed by atoms with van der Waals surface area (Å²) in [6.07, 6.45) is 4.35. The highest BCUT2D eigenvalue weighted by Gasteiger charge is 2.34. The Morgan fingerprint density at radius 2 is 1.94 bits per heavy atom. The minimum atomic E-state index is -0.306. The van der Waals surface area contributed by atoms with Crippen LogP contribution in [-0.2, 0) is 4.79 Å². The molecule has 10 heteroatoms. The molecule has 3 heterocycles. The van der Waals surface area contributed by atoms with Crippen LogP contribution in [0.2, 0.25) is 5.02 Å². The van der Waals surface area contributed by atoms with E-state index in [0.29, 0.717) is 23.2 Å². The van der Waals surface area contributed by atoms with Crippen LogP contribution in [0, 0.1) is 0 Å². The van der Waals surface area contributed by atoms with Gasteiger partial charge in [-0.1, -0.05) is 35.9 Å². The van der Waals surface area contributed by atoms with E-state index in [1.54, 1.807) is 6.26 Å². The van der Waals surface area contributed by atoms with Crippen molar-refractivity contribution in [2.45, 2.75) is 31.3 Å². The summed E-state index contributed by atoms with van der Waals surface area (Å²) >= 11 is 6.04. The lowest BCUT2D eigenvalue weighted by Crippen LogP contribution is -2.32. The van der Waals surface area contributed by atoms with Gasteiger partial charge in [-0.05, 0) is 65.2 Å². The van der Waals surface area contributed by atoms with Crippen molar-refractivity contribution >= 4 is 28.9 Å². The fourth-order valence-electron chi connectivity index (χ4n) is 4.24. The average Bonchev–Trinajstić information content (AvgIpc) is 3.28. The maximum Gasteiger partial charge on any atom is 0.262 e. The van der Waals surface area contributed by atoms with Crippen molar-refractivity contribution in [2.75, 3.05) is 11.9 Å². The third-order valence-corrected chi connectivity index (χ3v) is 6.42. The Morgan fingerprint density at radius 3 is 2.71 bits per heavy atom. The van der Waals surface area contributed by atoms with Crippen molar-refractivity contribution in [3.05, 3.63) is 83.3 Å². The number of nitrogens with one attached hydrogen (secondary N) is 1. The lowest BCUT2D eigenvalue weighted by molar-refractivity contribution is -0.131. The zero-order valence-electron chi connectivity index (χ0n) is 18.7. The quantitative estimate of drug-likeness (QED) is 0.405. The van der Waals surface area contributed by atoms with Gasteiger partial charge in [-0.3, -0.25) is 4.79 Å². The summed E-state index contributed by atoms with van der Waals surface area (Å²) in [4.78, 5) is 13.3. The van der Waals surface area contributed by atoms with E-state index in [-0.39, 0.29) is 18.5 Å². The molecule has 6 rings (SSSR count). The molecule has 1 atom stereocenters. The number of furan rings is 1. The molecule has 2 aromatic carbocycles. The summed E-state index contributed by atoms with van der Waals surface area (Å²) in [7, 11) is 0. The van der Waals surface area contributed by atoms with E-state index in [0.717, 1.165) is 41.2 Å². The summed E-state index contributed by atoms with van der Waals surface area (Å²) in [6.45, 7) is 0.0750. The zero-order chi connectivity index (χ0) is 23.8. The number of hydrogen-bond acceptors (Lipinski definition) is 7. The number of nitrogens with zero attached hydrogens (tertiary/aromatic N) is 6. The van der Waals surface area contributed by atoms with Crippen LogP contribution in [0.1, 0.15) is 42.7 Å². The van der Waals surface area contributed by atoms with Gasteiger partial charge in [0, 0.05) is 22.7 Å². The second kappa shape index (κ2) is 8.99. The number of benzene rings is 2. The molecule has 1 aliphatic carbocycles. The first kappa shape index (κ1) is 21.5. The molecule has 1 saturated carbocycles. The highest BCUT2D eigenvalue weighted by Crippen LogP contribution is 2.37. The summed E-state index contributed by atoms with van der Waals surface area (Å²) in [5.74, 6) is 1.26. The van der Waals surface area contributed by atoms with E-state index < -0.39 is 0 Å². The Bertz CT molecular complexity index is 1380. The Balaban J connectivity index is 1.20. The number of aromatic nitrogens is 4. The molecule has 0 saturated heterocycles. The molecule has 1 aliphatic heterocycles. The van der Waals surface area contributed by atoms with Gasteiger partial charge in [-0.25, -0.2) is 9.69 Å². The third-order valence-electron chi connectivity index (χ3n) is 6.17. The number of anilines is 1. The normalized spacial score (nSPS) is 17.5. The van der Waals surface area contributed by atoms with Crippen molar-refractivity contribution in [3.8, 4) is 11.4 Å². The van der Waals surface area contributed by atoms with Crippen LogP contribution in [0.3, 0.4) is 0 Å². The Kier molecular flexibility index (Phi) is 5.54. The summed E-state index contributed by atoms with van der Waals surface area (Å²) in [6, 6.07) is 19.0. The van der Waals surface area contributed by atoms with Gasteiger partial charge in [-0.2, -0.15) is 5.10 Å². The van der Waals surface area contributed by atoms with Crippen LogP contribution in [-0.4, -0.2) is 43.4 Å². The van der Waals surface area contributed by atoms with Crippen molar-refractivity contribution < 1.29 is 9.21 Å². The molecule has 0 bridgehead atoms. The number of rotatable bonds is 7. The van der Waals surface area contributed by atoms with Crippen molar-refractivity contribution in [1.29, 1.82) is 0 Å². The van der Waals surface area contributed by atoms with Crippen LogP contribution in [0.4, 0.5) is 5.69 Å². The molecule has 176 valence electrons. The van der Waals surface area contributed by atoms with E-state index in [1.807, 2.05) is 65.3 Å². The van der Waals surface area contributed by atoms with Crippen molar-refractivity contribution in [3.63, 3.8) is 0 Å². The molecule has 9 nitrogen and oxygen atoms in total. The van der Waals surface area contributed by atoms with Crippen LogP contribution >= 0.6 is 11.6 Å². The van der Waals surface area contributed by atoms with Crippen molar-refractivity contribution in [2.24, 2.45) is 5.10 Å². The van der Waals surface area contributed by atoms with Gasteiger partial charge in [0.25, 0.3) is 5.91 Å². The maximum atomic E-state index is 13.3. The average molecular weight is 488 g/mol. The van der Waals surface area contributed by atoms with Crippen LogP contribution in [0.5, 0.6) is 0 Å². The molecule has 35 heavy (non-hydrogen) atoms. The van der Waals surface area contributed by atoms with Gasteiger partial charge in [0.15, 0.2) is 5.82 Å². The Labute approximate surface area is 206 Å². The highest BCUT2D eigenvalue weighted by atomic mass is 35.5. The molecule has 2 aliphatic rings. The number of amides is 1. The third kappa shape index (κ3) is 4.42. The molecule has 4 aromatic rings. The molecular weight excluding hydrogens is 466 g/mol. The lowest BCUT2D eigenvalue weighted by atomic mass is 10.0. The SMILES string of the molecule is O=C(CNc1cccc(-c2nnnn2C2CC2)c1)N1N=C(c2ccc(Cl)cc2)CC1c1ccco1. The fraction of sp³-hybridized carbons (Fsp3) is 0.240. The minimum Gasteiger partial charge on any atom is -0.467 e. The summed E-state index contributed by atoms with van der Waals surface area (Å²) < 4.78 is 7.50. The van der Waals surface area contributed by atoms with Gasteiger partial charge in [-0.15, -0.1) is 5.10 Å². The maximum absolute atomic E-state index is 13.3. The lowest BCUT2D eigenvalue weighted by Gasteiger charge is -2.20. The van der Waals surface area contributed by atoms with Crippen molar-refractivity contribution in [1.82, 2.24) is 25.2 Å². The van der Waals surface area contributed by atoms with E-state index in [2.05, 4.69) is 25.9 Å². The van der Waals surface area contributed by atoms with Gasteiger partial charge in [0.2, 0.25) is 0 Å². The Morgan fingerprint density at radius 1 is 1.09 bits per heavy atom. The van der Waals surface area contributed by atoms with Gasteiger partial charge < -0.3 is 9.73 Å². The predicted octanol–water partition coefficient (Wildman–Crippen LogP) is 4.71. The first-order valence-electron chi connectivity index (χ1n) is 11.5. The van der Waals surface area contributed by atoms with E-state index in [4.69, 9.17) is 16.0 Å². The summed E-state index contributed by atoms with van der Waals surface area (Å²) in [5.41, 5.74) is 3.44. The molecule has 1 amide bonds. The molecule has 1 fully saturated rings. The first-order valence-corrected chi connectivity index (χ1v) is 11.8. The fourth-order valence-corrected chi connectivity index (χ4v) is 4.36. The summed E-state index contributed by atoms with van der Waals surface area (Å²) in [5, 5.41) is 22.2. The molecular formula is C25H22ClN7O2. The minimum absolute atomic E-state index is 0.0750. The molecule has 0 radical (unpaired) electrons. The number of carbonyl (C=O) groups excluding carboxylic acids is 1. The van der Waals surface area contributed by atoms with E-state index >= 15 is 0 Å². The smallest absolute Gasteiger partial charge is 0.262 e. The Hall–Kier alpha value is -3.98. The topological polar surface area (TPSA) is 101 Å². The number of carbonyl (C=O) groups is 1. The monoisotopic (exact) mass is 487 g/mol. The molecule has 1 N–H and O–H groups in total. The second-order valence-corrected chi connectivity index (χ2v) is 9.08. The van der Waals surface area contributed by atoms with Crippen LogP contribution in [0.25, 0.3) is 11.4 Å². The largest absolute Gasteiger partial charge is 0.467 e. The number of hydrogen-bond donors (Lipinski definition) is 1. The number of tetrazole rings is 1. The first-order chi connectivity index (χ1) is 17.2. The standard InChI is InChI=1S/C25H22ClN7O2/c26-18-8-6-16(7-9-18)21-14-22(23-5-2-12-35-23)33(29-21)24(34)15-27-19-4-1-3-17(13-19)25-28-30-31-32(25)20-10-11-20/h1-9,12-13,20,22,27H,10-11,14-15H2. The van der Waals surface area contributed by atoms with Crippen LogP contribution in [0.15, 0.2) is 76.4 Å². The van der Waals surface area contributed by atoms with E-state index in [9.17, 15) is 4.79 Å². The van der Waals surface area contributed by atoms with Gasteiger partial charge in [0.05, 0.1) is 24.6 Å². The van der Waals surface area contributed by atoms with Gasteiger partial charge in [0.1, 0.15) is 11.8 Å².